The van der Waals surface area contributed by atoms with E-state index < -0.39 is 0 Å². The fourth-order valence-corrected chi connectivity index (χ4v) is 1.84. The molecule has 1 aliphatic carbocycles. The highest BCUT2D eigenvalue weighted by Crippen LogP contribution is 2.36. The summed E-state index contributed by atoms with van der Waals surface area (Å²) in [5.41, 5.74) is 4.56. The van der Waals surface area contributed by atoms with Crippen molar-refractivity contribution in [2.75, 3.05) is 0 Å². The van der Waals surface area contributed by atoms with Crippen molar-refractivity contribution < 1.29 is 0 Å². The van der Waals surface area contributed by atoms with E-state index in [0.29, 0.717) is 0 Å². The zero-order chi connectivity index (χ0) is 12.0. The highest BCUT2D eigenvalue weighted by atomic mass is 14.3. The Labute approximate surface area is 101 Å². The van der Waals surface area contributed by atoms with Crippen LogP contribution in [0.3, 0.4) is 0 Å². The molecule has 1 rings (SSSR count). The zero-order valence-corrected chi connectivity index (χ0v) is 11.3. The maximum Gasteiger partial charge on any atom is -0.0164 e. The van der Waals surface area contributed by atoms with Gasteiger partial charge in [0.2, 0.25) is 0 Å². The molecule has 0 aromatic carbocycles. The third-order valence-electron chi connectivity index (χ3n) is 3.22. The Kier molecular flexibility index (Phi) is 5.59. The third-order valence-corrected chi connectivity index (χ3v) is 3.22. The third kappa shape index (κ3) is 5.95. The molecule has 0 heteroatoms. The van der Waals surface area contributed by atoms with E-state index in [2.05, 4.69) is 45.9 Å². The van der Waals surface area contributed by atoms with E-state index >= 15 is 0 Å². The van der Waals surface area contributed by atoms with Crippen molar-refractivity contribution in [1.29, 1.82) is 0 Å². The van der Waals surface area contributed by atoms with Gasteiger partial charge in [0.25, 0.3) is 0 Å². The minimum atomic E-state index is 0.930. The Morgan fingerprint density at radius 3 is 2.25 bits per heavy atom. The molecule has 0 radical (unpaired) electrons. The van der Waals surface area contributed by atoms with Gasteiger partial charge in [0, 0.05) is 0 Å². The largest absolute Gasteiger partial charge is 0.0856 e. The van der Waals surface area contributed by atoms with Crippen molar-refractivity contribution in [3.63, 3.8) is 0 Å². The molecule has 1 fully saturated rings. The molecule has 0 bridgehead atoms. The van der Waals surface area contributed by atoms with Gasteiger partial charge in [0.15, 0.2) is 0 Å². The summed E-state index contributed by atoms with van der Waals surface area (Å²) in [5.74, 6) is 0.930. The zero-order valence-electron chi connectivity index (χ0n) is 11.3. The molecular weight excluding hydrogens is 192 g/mol. The van der Waals surface area contributed by atoms with Crippen molar-refractivity contribution in [2.24, 2.45) is 5.92 Å². The lowest BCUT2D eigenvalue weighted by atomic mass is 10.1. The number of allylic oxidation sites excluding steroid dienone is 6. The summed E-state index contributed by atoms with van der Waals surface area (Å²) in [6, 6.07) is 0. The average molecular weight is 218 g/mol. The molecule has 0 aromatic rings. The predicted molar refractivity (Wildman–Crippen MR) is 73.5 cm³/mol. The molecule has 0 aromatic heterocycles. The summed E-state index contributed by atoms with van der Waals surface area (Å²) in [6.45, 7) is 8.87. The van der Waals surface area contributed by atoms with Crippen LogP contribution in [-0.4, -0.2) is 0 Å². The first-order valence-electron chi connectivity index (χ1n) is 6.55. The second-order valence-corrected chi connectivity index (χ2v) is 5.33. The molecule has 0 aliphatic heterocycles. The second kappa shape index (κ2) is 6.73. The van der Waals surface area contributed by atoms with Crippen molar-refractivity contribution in [2.45, 2.75) is 59.8 Å². The lowest BCUT2D eigenvalue weighted by Gasteiger charge is -1.99. The summed E-state index contributed by atoms with van der Waals surface area (Å²) in [7, 11) is 0. The van der Waals surface area contributed by atoms with E-state index in [-0.39, 0.29) is 0 Å². The Balaban J connectivity index is 2.22. The quantitative estimate of drug-likeness (QED) is 0.522. The van der Waals surface area contributed by atoms with Crippen LogP contribution in [0.4, 0.5) is 0 Å². The highest BCUT2D eigenvalue weighted by Gasteiger charge is 2.22. The van der Waals surface area contributed by atoms with Crippen LogP contribution in [-0.2, 0) is 0 Å². The minimum absolute atomic E-state index is 0.930. The Morgan fingerprint density at radius 2 is 1.69 bits per heavy atom. The van der Waals surface area contributed by atoms with Gasteiger partial charge in [-0.25, -0.2) is 0 Å². The molecule has 0 amide bonds. The van der Waals surface area contributed by atoms with Crippen LogP contribution in [0.25, 0.3) is 0 Å². The Bertz CT molecular complexity index is 294. The van der Waals surface area contributed by atoms with Gasteiger partial charge in [-0.1, -0.05) is 34.9 Å². The van der Waals surface area contributed by atoms with Crippen LogP contribution in [0.5, 0.6) is 0 Å². The molecule has 0 spiro atoms. The molecule has 1 saturated carbocycles. The topological polar surface area (TPSA) is 0 Å². The van der Waals surface area contributed by atoms with Gasteiger partial charge in [-0.05, 0) is 65.7 Å². The monoisotopic (exact) mass is 218 g/mol. The molecule has 16 heavy (non-hydrogen) atoms. The lowest BCUT2D eigenvalue weighted by molar-refractivity contribution is 0.952. The van der Waals surface area contributed by atoms with Crippen LogP contribution < -0.4 is 0 Å². The van der Waals surface area contributed by atoms with E-state index in [4.69, 9.17) is 0 Å². The van der Waals surface area contributed by atoms with Crippen LogP contribution >= 0.6 is 0 Å². The molecule has 0 heterocycles. The number of hydrogen-bond acceptors (Lipinski definition) is 0. The molecule has 0 atom stereocenters. The van der Waals surface area contributed by atoms with Crippen LogP contribution in [0.15, 0.2) is 34.9 Å². The van der Waals surface area contributed by atoms with Gasteiger partial charge in [0.1, 0.15) is 0 Å². The van der Waals surface area contributed by atoms with E-state index in [9.17, 15) is 0 Å². The molecule has 90 valence electrons. The first-order valence-corrected chi connectivity index (χ1v) is 6.55. The standard InChI is InChI=1S/C16H26/c1-13(2)7-5-8-14(3)9-6-10-15(4)16-11-12-16/h7,9-10,16H,5-6,8,11-12H2,1-4H3/b14-9+,15-10+. The highest BCUT2D eigenvalue weighted by molar-refractivity contribution is 5.13. The molecule has 0 nitrogen and oxygen atoms in total. The number of rotatable bonds is 6. The molecule has 0 N–H and O–H groups in total. The second-order valence-electron chi connectivity index (χ2n) is 5.33. The fraction of sp³-hybridized carbons (Fsp3) is 0.625. The maximum absolute atomic E-state index is 2.40. The molecule has 1 aliphatic rings. The van der Waals surface area contributed by atoms with E-state index in [1.54, 1.807) is 5.57 Å². The van der Waals surface area contributed by atoms with Gasteiger partial charge in [-0.2, -0.15) is 0 Å². The Hall–Kier alpha value is -0.780. The summed E-state index contributed by atoms with van der Waals surface area (Å²) in [4.78, 5) is 0. The summed E-state index contributed by atoms with van der Waals surface area (Å²) in [6.07, 6.45) is 13.5. The van der Waals surface area contributed by atoms with Gasteiger partial charge in [-0.15, -0.1) is 0 Å². The smallest absolute Gasteiger partial charge is 0.0164 e. The Morgan fingerprint density at radius 1 is 1.00 bits per heavy atom. The van der Waals surface area contributed by atoms with Crippen molar-refractivity contribution in [3.05, 3.63) is 34.9 Å². The summed E-state index contributed by atoms with van der Waals surface area (Å²) >= 11 is 0. The minimum Gasteiger partial charge on any atom is -0.0856 e. The lowest BCUT2D eigenvalue weighted by Crippen LogP contribution is -1.79. The first kappa shape index (κ1) is 13.3. The molecule has 0 saturated heterocycles. The molecule has 0 unspecified atom stereocenters. The summed E-state index contributed by atoms with van der Waals surface area (Å²) < 4.78 is 0. The first-order chi connectivity index (χ1) is 7.59. The van der Waals surface area contributed by atoms with Crippen molar-refractivity contribution in [1.82, 2.24) is 0 Å². The predicted octanol–water partition coefficient (Wildman–Crippen LogP) is 5.43. The average Bonchev–Trinajstić information content (AvgIpc) is 2.99. The van der Waals surface area contributed by atoms with Crippen molar-refractivity contribution >= 4 is 0 Å². The van der Waals surface area contributed by atoms with Crippen LogP contribution in [0.2, 0.25) is 0 Å². The molecular formula is C16H26. The SMILES string of the molecule is CC(C)=CCC/C(C)=C/C/C=C(\C)C1CC1. The van der Waals surface area contributed by atoms with Gasteiger partial charge in [0.05, 0.1) is 0 Å². The fourth-order valence-electron chi connectivity index (χ4n) is 1.84. The normalized spacial score (nSPS) is 17.5. The van der Waals surface area contributed by atoms with Crippen LogP contribution in [0.1, 0.15) is 59.8 Å². The van der Waals surface area contributed by atoms with Gasteiger partial charge < -0.3 is 0 Å². The van der Waals surface area contributed by atoms with E-state index in [1.807, 2.05) is 0 Å². The van der Waals surface area contributed by atoms with Crippen LogP contribution in [0, 0.1) is 5.92 Å². The van der Waals surface area contributed by atoms with E-state index in [1.165, 1.54) is 36.8 Å². The number of hydrogen-bond donors (Lipinski definition) is 0. The maximum atomic E-state index is 2.40. The van der Waals surface area contributed by atoms with Gasteiger partial charge >= 0.3 is 0 Å². The van der Waals surface area contributed by atoms with Gasteiger partial charge in [-0.3, -0.25) is 0 Å². The van der Waals surface area contributed by atoms with E-state index in [0.717, 1.165) is 12.3 Å². The van der Waals surface area contributed by atoms with Crippen molar-refractivity contribution in [3.8, 4) is 0 Å². The summed E-state index contributed by atoms with van der Waals surface area (Å²) in [5, 5.41) is 0.